The number of aromatic nitrogens is 1. The molecular formula is C24H18Br2N2O3. The zero-order valence-corrected chi connectivity index (χ0v) is 20.0. The van der Waals surface area contributed by atoms with E-state index in [1.807, 2.05) is 60.7 Å². The minimum atomic E-state index is -0.213. The molecule has 0 saturated carbocycles. The highest BCUT2D eigenvalue weighted by Gasteiger charge is 2.16. The van der Waals surface area contributed by atoms with Gasteiger partial charge in [-0.2, -0.15) is 0 Å². The molecule has 31 heavy (non-hydrogen) atoms. The third-order valence-corrected chi connectivity index (χ3v) is 6.70. The monoisotopic (exact) mass is 540 g/mol. The number of nitrogens with one attached hydrogen (secondary N) is 1. The predicted octanol–water partition coefficient (Wildman–Crippen LogP) is 6.70. The summed E-state index contributed by atoms with van der Waals surface area (Å²) in [7, 11) is 3.18. The van der Waals surface area contributed by atoms with Crippen molar-refractivity contribution in [3.63, 3.8) is 0 Å². The molecule has 5 nitrogen and oxygen atoms in total. The Kier molecular flexibility index (Phi) is 6.25. The van der Waals surface area contributed by atoms with Crippen molar-refractivity contribution in [2.45, 2.75) is 0 Å². The average Bonchev–Trinajstić information content (AvgIpc) is 2.80. The summed E-state index contributed by atoms with van der Waals surface area (Å²) in [4.78, 5) is 18.0. The van der Waals surface area contributed by atoms with Gasteiger partial charge in [-0.1, -0.05) is 18.2 Å². The van der Waals surface area contributed by atoms with Gasteiger partial charge in [-0.05, 0) is 80.4 Å². The molecule has 1 heterocycles. The zero-order chi connectivity index (χ0) is 22.0. The number of benzene rings is 3. The third kappa shape index (κ3) is 4.43. The zero-order valence-electron chi connectivity index (χ0n) is 16.8. The first kappa shape index (κ1) is 21.3. The highest BCUT2D eigenvalue weighted by Crippen LogP contribution is 2.33. The molecule has 0 aliphatic rings. The molecule has 0 radical (unpaired) electrons. The number of amides is 1. The summed E-state index contributed by atoms with van der Waals surface area (Å²) in [5.74, 6) is 1.01. The SMILES string of the molecule is COc1ccc(-c2cc(C(=O)Nc3ccc(Br)c(Br)c3)c3ccccc3n2)cc1OC. The molecule has 0 aliphatic carbocycles. The molecular weight excluding hydrogens is 524 g/mol. The van der Waals surface area contributed by atoms with Gasteiger partial charge in [0.15, 0.2) is 11.5 Å². The number of hydrogen-bond donors (Lipinski definition) is 1. The van der Waals surface area contributed by atoms with Crippen LogP contribution in [0, 0.1) is 0 Å². The van der Waals surface area contributed by atoms with Gasteiger partial charge in [0.05, 0.1) is 31.0 Å². The predicted molar refractivity (Wildman–Crippen MR) is 130 cm³/mol. The van der Waals surface area contributed by atoms with Crippen molar-refractivity contribution in [3.05, 3.63) is 81.2 Å². The molecule has 7 heteroatoms. The number of rotatable bonds is 5. The second-order valence-corrected chi connectivity index (χ2v) is 8.43. The largest absolute Gasteiger partial charge is 0.493 e. The molecule has 156 valence electrons. The number of carbonyl (C=O) groups is 1. The van der Waals surface area contributed by atoms with Gasteiger partial charge in [0, 0.05) is 25.6 Å². The standard InChI is InChI=1S/C24H18Br2N2O3/c1-30-22-10-7-14(11-23(22)31-2)21-13-17(16-5-3-4-6-20(16)28-21)24(29)27-15-8-9-18(25)19(26)12-15/h3-13H,1-2H3,(H,27,29). The minimum Gasteiger partial charge on any atom is -0.493 e. The summed E-state index contributed by atoms with van der Waals surface area (Å²) in [5.41, 5.74) is 3.45. The highest BCUT2D eigenvalue weighted by atomic mass is 79.9. The van der Waals surface area contributed by atoms with Gasteiger partial charge in [-0.25, -0.2) is 4.98 Å². The van der Waals surface area contributed by atoms with E-state index in [1.165, 1.54) is 0 Å². The van der Waals surface area contributed by atoms with E-state index in [4.69, 9.17) is 14.5 Å². The molecule has 4 rings (SSSR count). The maximum atomic E-state index is 13.2. The van der Waals surface area contributed by atoms with Crippen molar-refractivity contribution in [2.24, 2.45) is 0 Å². The molecule has 0 aliphatic heterocycles. The third-order valence-electron chi connectivity index (χ3n) is 4.82. The summed E-state index contributed by atoms with van der Waals surface area (Å²) in [6.45, 7) is 0. The Balaban J connectivity index is 1.80. The van der Waals surface area contributed by atoms with Crippen molar-refractivity contribution in [3.8, 4) is 22.8 Å². The van der Waals surface area contributed by atoms with Crippen LogP contribution in [0.5, 0.6) is 11.5 Å². The number of methoxy groups -OCH3 is 2. The molecule has 0 unspecified atom stereocenters. The van der Waals surface area contributed by atoms with Gasteiger partial charge in [0.25, 0.3) is 5.91 Å². The number of nitrogens with zero attached hydrogens (tertiary/aromatic N) is 1. The molecule has 1 amide bonds. The topological polar surface area (TPSA) is 60.5 Å². The van der Waals surface area contributed by atoms with Crippen molar-refractivity contribution < 1.29 is 14.3 Å². The van der Waals surface area contributed by atoms with Crippen molar-refractivity contribution in [2.75, 3.05) is 19.5 Å². The molecule has 1 N–H and O–H groups in total. The summed E-state index contributed by atoms with van der Waals surface area (Å²) in [6, 6.07) is 20.5. The smallest absolute Gasteiger partial charge is 0.256 e. The summed E-state index contributed by atoms with van der Waals surface area (Å²) >= 11 is 6.91. The van der Waals surface area contributed by atoms with E-state index in [9.17, 15) is 4.79 Å². The van der Waals surface area contributed by atoms with E-state index in [1.54, 1.807) is 20.3 Å². The maximum Gasteiger partial charge on any atom is 0.256 e. The molecule has 4 aromatic rings. The summed E-state index contributed by atoms with van der Waals surface area (Å²) in [5, 5.41) is 3.75. The van der Waals surface area contributed by atoms with Gasteiger partial charge < -0.3 is 14.8 Å². The Morgan fingerprint density at radius 2 is 1.65 bits per heavy atom. The van der Waals surface area contributed by atoms with Crippen LogP contribution in [0.1, 0.15) is 10.4 Å². The number of carbonyl (C=O) groups excluding carboxylic acids is 1. The molecule has 3 aromatic carbocycles. The Hall–Kier alpha value is -2.90. The lowest BCUT2D eigenvalue weighted by molar-refractivity contribution is 0.102. The van der Waals surface area contributed by atoms with Crippen LogP contribution in [0.4, 0.5) is 5.69 Å². The second-order valence-electron chi connectivity index (χ2n) is 6.72. The minimum absolute atomic E-state index is 0.213. The number of pyridine rings is 1. The van der Waals surface area contributed by atoms with Crippen LogP contribution >= 0.6 is 31.9 Å². The molecule has 0 spiro atoms. The van der Waals surface area contributed by atoms with Crippen LogP contribution in [0.3, 0.4) is 0 Å². The van der Waals surface area contributed by atoms with Crippen LogP contribution < -0.4 is 14.8 Å². The van der Waals surface area contributed by atoms with Gasteiger partial charge in [-0.3, -0.25) is 4.79 Å². The maximum absolute atomic E-state index is 13.2. The lowest BCUT2D eigenvalue weighted by atomic mass is 10.0. The molecule has 0 bridgehead atoms. The Morgan fingerprint density at radius 1 is 0.871 bits per heavy atom. The van der Waals surface area contributed by atoms with Gasteiger partial charge in [-0.15, -0.1) is 0 Å². The summed E-state index contributed by atoms with van der Waals surface area (Å²) < 4.78 is 12.5. The van der Waals surface area contributed by atoms with E-state index in [0.29, 0.717) is 28.4 Å². The highest BCUT2D eigenvalue weighted by molar-refractivity contribution is 9.13. The summed E-state index contributed by atoms with van der Waals surface area (Å²) in [6.07, 6.45) is 0. The number of ether oxygens (including phenoxy) is 2. The Labute approximate surface area is 196 Å². The fourth-order valence-corrected chi connectivity index (χ4v) is 3.90. The molecule has 0 saturated heterocycles. The number of halogens is 2. The molecule has 1 aromatic heterocycles. The average molecular weight is 542 g/mol. The molecule has 0 fully saturated rings. The number of para-hydroxylation sites is 1. The lowest BCUT2D eigenvalue weighted by Gasteiger charge is -2.13. The first-order chi connectivity index (χ1) is 15.0. The molecule has 0 atom stereocenters. The van der Waals surface area contributed by atoms with E-state index in [-0.39, 0.29) is 5.91 Å². The number of fused-ring (bicyclic) bond motifs is 1. The van der Waals surface area contributed by atoms with Crippen LogP contribution in [0.15, 0.2) is 75.7 Å². The van der Waals surface area contributed by atoms with Crippen molar-refractivity contribution in [1.82, 2.24) is 4.98 Å². The fraction of sp³-hybridized carbons (Fsp3) is 0.0833. The van der Waals surface area contributed by atoms with Gasteiger partial charge in [0.1, 0.15) is 0 Å². The number of hydrogen-bond acceptors (Lipinski definition) is 4. The van der Waals surface area contributed by atoms with Crippen LogP contribution in [-0.4, -0.2) is 25.1 Å². The van der Waals surface area contributed by atoms with Crippen LogP contribution in [0.25, 0.3) is 22.2 Å². The van der Waals surface area contributed by atoms with E-state index in [0.717, 1.165) is 25.4 Å². The van der Waals surface area contributed by atoms with Crippen molar-refractivity contribution >= 4 is 54.4 Å². The normalized spacial score (nSPS) is 10.7. The Morgan fingerprint density at radius 3 is 2.39 bits per heavy atom. The fourth-order valence-electron chi connectivity index (χ4n) is 3.28. The second kappa shape index (κ2) is 9.08. The quantitative estimate of drug-likeness (QED) is 0.305. The first-order valence-electron chi connectivity index (χ1n) is 9.38. The Bertz CT molecular complexity index is 1290. The van der Waals surface area contributed by atoms with Crippen LogP contribution in [-0.2, 0) is 0 Å². The van der Waals surface area contributed by atoms with Gasteiger partial charge >= 0.3 is 0 Å². The first-order valence-corrected chi connectivity index (χ1v) is 11.0. The van der Waals surface area contributed by atoms with E-state index >= 15 is 0 Å². The van der Waals surface area contributed by atoms with Crippen molar-refractivity contribution in [1.29, 1.82) is 0 Å². The van der Waals surface area contributed by atoms with Gasteiger partial charge in [0.2, 0.25) is 0 Å². The van der Waals surface area contributed by atoms with Crippen LogP contribution in [0.2, 0.25) is 0 Å². The van der Waals surface area contributed by atoms with E-state index < -0.39 is 0 Å². The lowest BCUT2D eigenvalue weighted by Crippen LogP contribution is -2.13. The number of anilines is 1. The van der Waals surface area contributed by atoms with E-state index in [2.05, 4.69) is 37.2 Å².